The maximum absolute atomic E-state index is 8.49. The lowest BCUT2D eigenvalue weighted by Crippen LogP contribution is -2.16. The van der Waals surface area contributed by atoms with E-state index in [9.17, 15) is 0 Å². The van der Waals surface area contributed by atoms with Gasteiger partial charge in [-0.05, 0) is 6.42 Å². The zero-order chi connectivity index (χ0) is 11.0. The van der Waals surface area contributed by atoms with Gasteiger partial charge in [-0.15, -0.1) is 0 Å². The Hall–Kier alpha value is -0.930. The first kappa shape index (κ1) is 12.1. The lowest BCUT2D eigenvalue weighted by atomic mass is 9.85. The molecule has 0 saturated carbocycles. The Labute approximate surface area is 91.2 Å². The minimum atomic E-state index is 0.0612. The highest BCUT2D eigenvalue weighted by molar-refractivity contribution is 5.69. The molecule has 0 fully saturated rings. The molecule has 0 bridgehead atoms. The van der Waals surface area contributed by atoms with E-state index in [-0.39, 0.29) is 12.0 Å². The summed E-state index contributed by atoms with van der Waals surface area (Å²) in [5.74, 6) is 0. The fourth-order valence-corrected chi connectivity index (χ4v) is 1.40. The molecule has 1 aliphatic rings. The van der Waals surface area contributed by atoms with E-state index in [1.165, 1.54) is 0 Å². The largest absolute Gasteiger partial charge is 0.394 e. The number of aliphatic hydroxyl groups excluding tert-OH is 1. The molecule has 0 aromatic carbocycles. The quantitative estimate of drug-likeness (QED) is 0.533. The molecule has 1 aliphatic carbocycles. The summed E-state index contributed by atoms with van der Waals surface area (Å²) < 4.78 is 5.11. The highest BCUT2D eigenvalue weighted by Crippen LogP contribution is 2.24. The zero-order valence-electron chi connectivity index (χ0n) is 9.22. The van der Waals surface area contributed by atoms with Crippen LogP contribution in [0.1, 0.15) is 13.3 Å². The molecular weight excluding hydrogens is 190 g/mol. The van der Waals surface area contributed by atoms with Crippen LogP contribution in [0.3, 0.4) is 0 Å². The van der Waals surface area contributed by atoms with Crippen LogP contribution < -0.4 is 0 Å². The predicted octanol–water partition coefficient (Wildman–Crippen LogP) is 1.59. The van der Waals surface area contributed by atoms with E-state index in [4.69, 9.17) is 9.84 Å². The number of rotatable bonds is 6. The second kappa shape index (κ2) is 6.53. The van der Waals surface area contributed by atoms with Gasteiger partial charge in [0, 0.05) is 11.6 Å². The van der Waals surface area contributed by atoms with Gasteiger partial charge in [0.25, 0.3) is 0 Å². The van der Waals surface area contributed by atoms with Crippen molar-refractivity contribution in [3.63, 3.8) is 0 Å². The van der Waals surface area contributed by atoms with Crippen LogP contribution in [-0.4, -0.2) is 37.7 Å². The highest BCUT2D eigenvalue weighted by Gasteiger charge is 2.17. The van der Waals surface area contributed by atoms with E-state index >= 15 is 0 Å². The molecule has 0 heterocycles. The number of ether oxygens (including phenoxy) is 1. The maximum Gasteiger partial charge on any atom is 0.0698 e. The molecule has 0 aromatic rings. The van der Waals surface area contributed by atoms with Gasteiger partial charge in [-0.3, -0.25) is 4.99 Å². The molecule has 1 N–H and O–H groups in total. The first-order chi connectivity index (χ1) is 7.27. The molecule has 0 spiro atoms. The van der Waals surface area contributed by atoms with Crippen molar-refractivity contribution >= 4 is 6.21 Å². The summed E-state index contributed by atoms with van der Waals surface area (Å²) in [6, 6.07) is 0. The molecule has 3 heteroatoms. The van der Waals surface area contributed by atoms with Crippen LogP contribution in [0.4, 0.5) is 0 Å². The lowest BCUT2D eigenvalue weighted by Gasteiger charge is -2.20. The predicted molar refractivity (Wildman–Crippen MR) is 62.3 cm³/mol. The van der Waals surface area contributed by atoms with E-state index in [0.717, 1.165) is 6.42 Å². The van der Waals surface area contributed by atoms with Gasteiger partial charge in [-0.25, -0.2) is 0 Å². The minimum Gasteiger partial charge on any atom is -0.394 e. The van der Waals surface area contributed by atoms with Crippen LogP contribution >= 0.6 is 0 Å². The fraction of sp³-hybridized carbons (Fsp3) is 0.583. The average Bonchev–Trinajstić information content (AvgIpc) is 2.24. The number of aliphatic hydroxyl groups is 1. The van der Waals surface area contributed by atoms with E-state index in [1.54, 1.807) is 0 Å². The van der Waals surface area contributed by atoms with Crippen LogP contribution in [0.5, 0.6) is 0 Å². The van der Waals surface area contributed by atoms with Crippen molar-refractivity contribution in [1.29, 1.82) is 0 Å². The summed E-state index contributed by atoms with van der Waals surface area (Å²) >= 11 is 0. The normalized spacial score (nSPS) is 25.2. The number of hydrogen-bond donors (Lipinski definition) is 1. The molecule has 0 aromatic heterocycles. The van der Waals surface area contributed by atoms with Gasteiger partial charge in [0.05, 0.1) is 26.4 Å². The Balaban J connectivity index is 2.19. The summed E-state index contributed by atoms with van der Waals surface area (Å²) in [5, 5.41) is 8.49. The number of aliphatic imine (C=N–C) groups is 1. The van der Waals surface area contributed by atoms with Crippen LogP contribution in [-0.2, 0) is 4.74 Å². The SMILES string of the molecule is CC1(C=NCCOCCO)C=CC=CC1. The van der Waals surface area contributed by atoms with Crippen molar-refractivity contribution in [3.05, 3.63) is 24.3 Å². The number of nitrogens with zero attached hydrogens (tertiary/aromatic N) is 1. The van der Waals surface area contributed by atoms with E-state index < -0.39 is 0 Å². The summed E-state index contributed by atoms with van der Waals surface area (Å²) in [6.45, 7) is 3.87. The Morgan fingerprint density at radius 3 is 3.00 bits per heavy atom. The number of hydrogen-bond acceptors (Lipinski definition) is 3. The maximum atomic E-state index is 8.49. The molecule has 15 heavy (non-hydrogen) atoms. The first-order valence-electron chi connectivity index (χ1n) is 5.31. The van der Waals surface area contributed by atoms with Gasteiger partial charge in [0.1, 0.15) is 0 Å². The van der Waals surface area contributed by atoms with Crippen molar-refractivity contribution < 1.29 is 9.84 Å². The molecule has 3 nitrogen and oxygen atoms in total. The third kappa shape index (κ3) is 4.91. The van der Waals surface area contributed by atoms with Crippen molar-refractivity contribution in [1.82, 2.24) is 0 Å². The van der Waals surface area contributed by atoms with Crippen molar-refractivity contribution in [2.24, 2.45) is 10.4 Å². The van der Waals surface area contributed by atoms with E-state index in [0.29, 0.717) is 19.8 Å². The second-order valence-electron chi connectivity index (χ2n) is 3.87. The smallest absolute Gasteiger partial charge is 0.0698 e. The highest BCUT2D eigenvalue weighted by atomic mass is 16.5. The lowest BCUT2D eigenvalue weighted by molar-refractivity contribution is 0.0978. The van der Waals surface area contributed by atoms with Crippen molar-refractivity contribution in [2.75, 3.05) is 26.4 Å². The molecule has 84 valence electrons. The van der Waals surface area contributed by atoms with E-state index in [1.807, 2.05) is 6.21 Å². The van der Waals surface area contributed by atoms with Gasteiger partial charge in [-0.2, -0.15) is 0 Å². The third-order valence-corrected chi connectivity index (χ3v) is 2.27. The van der Waals surface area contributed by atoms with Crippen LogP contribution in [0.15, 0.2) is 29.3 Å². The van der Waals surface area contributed by atoms with Crippen LogP contribution in [0.25, 0.3) is 0 Å². The minimum absolute atomic E-state index is 0.0612. The molecule has 0 radical (unpaired) electrons. The Morgan fingerprint density at radius 1 is 1.47 bits per heavy atom. The van der Waals surface area contributed by atoms with Gasteiger partial charge >= 0.3 is 0 Å². The Morgan fingerprint density at radius 2 is 2.33 bits per heavy atom. The van der Waals surface area contributed by atoms with E-state index in [2.05, 4.69) is 36.2 Å². The summed E-state index contributed by atoms with van der Waals surface area (Å²) in [6.07, 6.45) is 11.4. The molecule has 1 atom stereocenters. The summed E-state index contributed by atoms with van der Waals surface area (Å²) in [7, 11) is 0. The first-order valence-corrected chi connectivity index (χ1v) is 5.31. The molecule has 0 amide bonds. The fourth-order valence-electron chi connectivity index (χ4n) is 1.40. The molecule has 0 aliphatic heterocycles. The number of allylic oxidation sites excluding steroid dienone is 4. The Kier molecular flexibility index (Phi) is 5.29. The van der Waals surface area contributed by atoms with Crippen LogP contribution in [0, 0.1) is 5.41 Å². The topological polar surface area (TPSA) is 41.8 Å². The summed E-state index contributed by atoms with van der Waals surface area (Å²) in [5.41, 5.74) is 0.0612. The molecule has 1 unspecified atom stereocenters. The third-order valence-electron chi connectivity index (χ3n) is 2.27. The van der Waals surface area contributed by atoms with Crippen molar-refractivity contribution in [2.45, 2.75) is 13.3 Å². The molecule has 1 rings (SSSR count). The Bertz CT molecular complexity index is 258. The van der Waals surface area contributed by atoms with Crippen LogP contribution in [0.2, 0.25) is 0 Å². The molecule has 0 saturated heterocycles. The second-order valence-corrected chi connectivity index (χ2v) is 3.87. The van der Waals surface area contributed by atoms with Gasteiger partial charge in [0.2, 0.25) is 0 Å². The van der Waals surface area contributed by atoms with Crippen molar-refractivity contribution in [3.8, 4) is 0 Å². The van der Waals surface area contributed by atoms with Gasteiger partial charge < -0.3 is 9.84 Å². The summed E-state index contributed by atoms with van der Waals surface area (Å²) in [4.78, 5) is 4.32. The standard InChI is InChI=1S/C12H19NO2/c1-12(5-3-2-4-6-12)11-13-7-9-15-10-8-14/h2-5,11,14H,6-10H2,1H3. The molecular formula is C12H19NO2. The monoisotopic (exact) mass is 209 g/mol. The van der Waals surface area contributed by atoms with Gasteiger partial charge in [-0.1, -0.05) is 31.2 Å². The van der Waals surface area contributed by atoms with Gasteiger partial charge in [0.15, 0.2) is 0 Å². The average molecular weight is 209 g/mol. The zero-order valence-corrected chi connectivity index (χ0v) is 9.22.